The molecule has 3 aromatic rings. The summed E-state index contributed by atoms with van der Waals surface area (Å²) in [5, 5.41) is 8.29. The van der Waals surface area contributed by atoms with Crippen molar-refractivity contribution < 1.29 is 4.79 Å². The molecule has 0 radical (unpaired) electrons. The highest BCUT2D eigenvalue weighted by Crippen LogP contribution is 2.26. The molecule has 0 spiro atoms. The van der Waals surface area contributed by atoms with Gasteiger partial charge in [0.05, 0.1) is 12.7 Å². The van der Waals surface area contributed by atoms with Gasteiger partial charge < -0.3 is 5.32 Å². The number of aryl methyl sites for hydroxylation is 1. The number of hydrogen-bond acceptors (Lipinski definition) is 2. The Morgan fingerprint density at radius 1 is 1.00 bits per heavy atom. The van der Waals surface area contributed by atoms with Crippen molar-refractivity contribution in [2.75, 3.05) is 5.32 Å². The lowest BCUT2D eigenvalue weighted by Gasteiger charge is -2.11. The van der Waals surface area contributed by atoms with Crippen LogP contribution < -0.4 is 5.32 Å². The van der Waals surface area contributed by atoms with Crippen molar-refractivity contribution in [1.29, 1.82) is 0 Å². The van der Waals surface area contributed by atoms with Gasteiger partial charge in [-0.3, -0.25) is 4.79 Å². The lowest BCUT2D eigenvalue weighted by atomic mass is 10.1. The molecular formula is C19H17Cl2N3O. The van der Waals surface area contributed by atoms with Crippen LogP contribution in [0.25, 0.3) is 0 Å². The molecule has 0 atom stereocenters. The van der Waals surface area contributed by atoms with Gasteiger partial charge in [-0.25, -0.2) is 4.68 Å². The van der Waals surface area contributed by atoms with E-state index in [1.54, 1.807) is 35.1 Å². The minimum absolute atomic E-state index is 0.0594. The van der Waals surface area contributed by atoms with E-state index in [9.17, 15) is 4.79 Å². The van der Waals surface area contributed by atoms with Crippen molar-refractivity contribution >= 4 is 34.9 Å². The number of amides is 1. The third kappa shape index (κ3) is 4.62. The molecular weight excluding hydrogens is 357 g/mol. The van der Waals surface area contributed by atoms with E-state index in [4.69, 9.17) is 23.2 Å². The summed E-state index contributed by atoms with van der Waals surface area (Å²) in [6, 6.07) is 17.0. The molecule has 3 rings (SSSR count). The maximum absolute atomic E-state index is 12.2. The molecule has 2 aromatic carbocycles. The van der Waals surface area contributed by atoms with Gasteiger partial charge in [0.15, 0.2) is 0 Å². The number of rotatable bonds is 6. The second-order valence-corrected chi connectivity index (χ2v) is 6.42. The van der Waals surface area contributed by atoms with Gasteiger partial charge in [0.2, 0.25) is 5.91 Å². The zero-order chi connectivity index (χ0) is 17.6. The average molecular weight is 374 g/mol. The number of nitrogens with zero attached hydrogens (tertiary/aromatic N) is 2. The molecule has 128 valence electrons. The molecule has 0 bridgehead atoms. The van der Waals surface area contributed by atoms with E-state index >= 15 is 0 Å². The Bertz CT molecular complexity index is 842. The summed E-state index contributed by atoms with van der Waals surface area (Å²) in [4.78, 5) is 12.2. The minimum Gasteiger partial charge on any atom is -0.311 e. The molecule has 0 aliphatic rings. The molecule has 0 unspecified atom stereocenters. The van der Waals surface area contributed by atoms with E-state index in [-0.39, 0.29) is 5.91 Å². The van der Waals surface area contributed by atoms with Crippen LogP contribution in [0.5, 0.6) is 0 Å². The molecule has 1 N–H and O–H groups in total. The van der Waals surface area contributed by atoms with Crippen molar-refractivity contribution in [1.82, 2.24) is 9.78 Å². The molecule has 0 saturated heterocycles. The fourth-order valence-corrected chi connectivity index (χ4v) is 3.02. The number of halogens is 2. The molecule has 1 amide bonds. The third-order valence-corrected chi connectivity index (χ3v) is 4.55. The van der Waals surface area contributed by atoms with Gasteiger partial charge >= 0.3 is 0 Å². The first kappa shape index (κ1) is 17.5. The fourth-order valence-electron chi connectivity index (χ4n) is 2.51. The molecule has 25 heavy (non-hydrogen) atoms. The van der Waals surface area contributed by atoms with Gasteiger partial charge in [-0.05, 0) is 24.1 Å². The summed E-state index contributed by atoms with van der Waals surface area (Å²) in [5.41, 5.74) is 1.91. The summed E-state index contributed by atoms with van der Waals surface area (Å²) < 4.78 is 1.67. The second kappa shape index (κ2) is 8.19. The first-order valence-corrected chi connectivity index (χ1v) is 8.67. The quantitative estimate of drug-likeness (QED) is 0.673. The predicted molar refractivity (Wildman–Crippen MR) is 101 cm³/mol. The zero-order valence-corrected chi connectivity index (χ0v) is 15.0. The molecule has 0 fully saturated rings. The minimum atomic E-state index is -0.0594. The molecule has 0 aliphatic carbocycles. The van der Waals surface area contributed by atoms with E-state index < -0.39 is 0 Å². The van der Waals surface area contributed by atoms with Crippen LogP contribution in [0.15, 0.2) is 60.8 Å². The van der Waals surface area contributed by atoms with E-state index in [2.05, 4.69) is 10.4 Å². The van der Waals surface area contributed by atoms with Gasteiger partial charge in [-0.2, -0.15) is 5.10 Å². The Hall–Kier alpha value is -2.30. The highest BCUT2D eigenvalue weighted by atomic mass is 35.5. The highest BCUT2D eigenvalue weighted by molar-refractivity contribution is 6.35. The van der Waals surface area contributed by atoms with Crippen LogP contribution in [0, 0.1) is 0 Å². The largest absolute Gasteiger partial charge is 0.311 e. The average Bonchev–Trinajstić information content (AvgIpc) is 3.04. The van der Waals surface area contributed by atoms with E-state index in [1.165, 1.54) is 0 Å². The summed E-state index contributed by atoms with van der Waals surface area (Å²) in [7, 11) is 0. The van der Waals surface area contributed by atoms with Gasteiger partial charge in [-0.1, -0.05) is 59.6 Å². The fraction of sp³-hybridized carbons (Fsp3) is 0.158. The summed E-state index contributed by atoms with van der Waals surface area (Å²) in [6.45, 7) is 0.389. The van der Waals surface area contributed by atoms with Crippen molar-refractivity contribution in [3.8, 4) is 0 Å². The van der Waals surface area contributed by atoms with E-state index in [1.807, 2.05) is 30.3 Å². The normalized spacial score (nSPS) is 10.6. The number of aromatic nitrogens is 2. The number of carbonyl (C=O) groups is 1. The standard InChI is InChI=1S/C19H17Cl2N3O/c20-16-7-4-8-17(21)15(16)13-24-18(11-12-22-24)23-19(25)10-9-14-5-2-1-3-6-14/h1-8,11-12H,9-10,13H2,(H,23,25). The summed E-state index contributed by atoms with van der Waals surface area (Å²) >= 11 is 12.4. The Kier molecular flexibility index (Phi) is 5.74. The first-order valence-electron chi connectivity index (χ1n) is 7.92. The van der Waals surface area contributed by atoms with Crippen molar-refractivity contribution in [2.45, 2.75) is 19.4 Å². The second-order valence-electron chi connectivity index (χ2n) is 5.61. The summed E-state index contributed by atoms with van der Waals surface area (Å²) in [6.07, 6.45) is 2.73. The lowest BCUT2D eigenvalue weighted by Crippen LogP contribution is -2.16. The Balaban J connectivity index is 1.64. The molecule has 1 heterocycles. The number of benzene rings is 2. The smallest absolute Gasteiger partial charge is 0.225 e. The SMILES string of the molecule is O=C(CCc1ccccc1)Nc1ccnn1Cc1c(Cl)cccc1Cl. The molecule has 4 nitrogen and oxygen atoms in total. The van der Waals surface area contributed by atoms with Crippen LogP contribution in [0.2, 0.25) is 10.0 Å². The Labute approximate surface area is 156 Å². The number of hydrogen-bond donors (Lipinski definition) is 1. The number of carbonyl (C=O) groups excluding carboxylic acids is 1. The monoisotopic (exact) mass is 373 g/mol. The van der Waals surface area contributed by atoms with Crippen LogP contribution in [0.4, 0.5) is 5.82 Å². The van der Waals surface area contributed by atoms with Crippen LogP contribution in [-0.2, 0) is 17.8 Å². The van der Waals surface area contributed by atoms with E-state index in [0.717, 1.165) is 11.1 Å². The Morgan fingerprint density at radius 2 is 1.72 bits per heavy atom. The zero-order valence-electron chi connectivity index (χ0n) is 13.5. The molecule has 6 heteroatoms. The third-order valence-electron chi connectivity index (χ3n) is 3.84. The molecule has 1 aromatic heterocycles. The van der Waals surface area contributed by atoms with Crippen molar-refractivity contribution in [3.05, 3.63) is 82.0 Å². The molecule has 0 aliphatic heterocycles. The first-order chi connectivity index (χ1) is 12.1. The van der Waals surface area contributed by atoms with Crippen LogP contribution in [0.3, 0.4) is 0 Å². The lowest BCUT2D eigenvalue weighted by molar-refractivity contribution is -0.116. The van der Waals surface area contributed by atoms with Gasteiger partial charge in [0.25, 0.3) is 0 Å². The van der Waals surface area contributed by atoms with Gasteiger partial charge in [0.1, 0.15) is 5.82 Å². The highest BCUT2D eigenvalue weighted by Gasteiger charge is 2.11. The topological polar surface area (TPSA) is 46.9 Å². The van der Waals surface area contributed by atoms with Crippen LogP contribution >= 0.6 is 23.2 Å². The van der Waals surface area contributed by atoms with Crippen LogP contribution in [0.1, 0.15) is 17.5 Å². The maximum atomic E-state index is 12.2. The summed E-state index contributed by atoms with van der Waals surface area (Å²) in [5.74, 6) is 0.560. The van der Waals surface area contributed by atoms with E-state index in [0.29, 0.717) is 35.2 Å². The molecule has 0 saturated carbocycles. The number of anilines is 1. The maximum Gasteiger partial charge on any atom is 0.225 e. The number of nitrogens with one attached hydrogen (secondary N) is 1. The van der Waals surface area contributed by atoms with Crippen molar-refractivity contribution in [3.63, 3.8) is 0 Å². The predicted octanol–water partition coefficient (Wildman–Crippen LogP) is 4.81. The van der Waals surface area contributed by atoms with Gasteiger partial charge in [-0.15, -0.1) is 0 Å². The van der Waals surface area contributed by atoms with Crippen LogP contribution in [-0.4, -0.2) is 15.7 Å². The van der Waals surface area contributed by atoms with Gasteiger partial charge in [0, 0.05) is 28.1 Å². The Morgan fingerprint density at radius 3 is 2.44 bits per heavy atom. The van der Waals surface area contributed by atoms with Crippen molar-refractivity contribution in [2.24, 2.45) is 0 Å².